The van der Waals surface area contributed by atoms with Crippen molar-refractivity contribution in [1.82, 2.24) is 0 Å². The van der Waals surface area contributed by atoms with Gasteiger partial charge in [-0.1, -0.05) is 25.7 Å². The van der Waals surface area contributed by atoms with E-state index in [-0.39, 0.29) is 17.8 Å². The number of rotatable bonds is 4. The van der Waals surface area contributed by atoms with Crippen molar-refractivity contribution in [3.63, 3.8) is 0 Å². The molecule has 0 bridgehead atoms. The van der Waals surface area contributed by atoms with E-state index in [9.17, 15) is 4.39 Å². The van der Waals surface area contributed by atoms with Crippen LogP contribution in [0.3, 0.4) is 0 Å². The summed E-state index contributed by atoms with van der Waals surface area (Å²) < 4.78 is 19.2. The third-order valence-electron chi connectivity index (χ3n) is 2.44. The minimum atomic E-state index is -0.369. The maximum Gasteiger partial charge on any atom is 0.142 e. The van der Waals surface area contributed by atoms with E-state index in [1.807, 2.05) is 13.8 Å². The zero-order chi connectivity index (χ0) is 12.7. The largest absolute Gasteiger partial charge is 0.490 e. The lowest BCUT2D eigenvalue weighted by molar-refractivity contribution is 0.192. The first-order valence-electron chi connectivity index (χ1n) is 5.72. The highest BCUT2D eigenvalue weighted by molar-refractivity contribution is 6.19. The van der Waals surface area contributed by atoms with Crippen LogP contribution in [0.5, 0.6) is 5.75 Å². The molecule has 0 radical (unpaired) electrons. The molecule has 0 saturated carbocycles. The Labute approximate surface area is 107 Å². The molecule has 0 heterocycles. The zero-order valence-corrected chi connectivity index (χ0v) is 10.9. The molecule has 0 aliphatic carbocycles. The molecule has 0 amide bonds. The van der Waals surface area contributed by atoms with Crippen molar-refractivity contribution < 1.29 is 9.13 Å². The first kappa shape index (κ1) is 13.9. The third kappa shape index (κ3) is 4.28. The Morgan fingerprint density at radius 3 is 2.59 bits per heavy atom. The van der Waals surface area contributed by atoms with Gasteiger partial charge in [0, 0.05) is 6.07 Å². The van der Waals surface area contributed by atoms with Crippen LogP contribution in [0, 0.1) is 17.7 Å². The molecule has 92 valence electrons. The molecular weight excluding hydrogens is 239 g/mol. The molecule has 1 aromatic carbocycles. The lowest BCUT2D eigenvalue weighted by Crippen LogP contribution is -2.13. The van der Waals surface area contributed by atoms with E-state index in [4.69, 9.17) is 16.3 Å². The molecule has 1 aromatic rings. The Morgan fingerprint density at radius 2 is 2.06 bits per heavy atom. The van der Waals surface area contributed by atoms with Crippen molar-refractivity contribution in [2.45, 2.75) is 32.8 Å². The van der Waals surface area contributed by atoms with Crippen molar-refractivity contribution in [2.24, 2.45) is 0 Å². The summed E-state index contributed by atoms with van der Waals surface area (Å²) in [4.78, 5) is 0. The fourth-order valence-electron chi connectivity index (χ4n) is 1.45. The lowest BCUT2D eigenvalue weighted by atomic mass is 10.2. The van der Waals surface area contributed by atoms with E-state index in [2.05, 4.69) is 11.8 Å². The highest BCUT2D eigenvalue weighted by Crippen LogP contribution is 2.19. The molecule has 1 nitrogen and oxygen atoms in total. The predicted octanol–water partition coefficient (Wildman–Crippen LogP) is 3.98. The minimum Gasteiger partial charge on any atom is -0.490 e. The summed E-state index contributed by atoms with van der Waals surface area (Å²) in [6.45, 7) is 4.09. The van der Waals surface area contributed by atoms with Gasteiger partial charge < -0.3 is 4.74 Å². The second-order valence-electron chi connectivity index (χ2n) is 3.63. The first-order valence-corrected chi connectivity index (χ1v) is 6.25. The molecule has 1 rings (SSSR count). The molecule has 0 aromatic heterocycles. The van der Waals surface area contributed by atoms with Crippen molar-refractivity contribution in [3.05, 3.63) is 29.6 Å². The molecule has 17 heavy (non-hydrogen) atoms. The molecule has 0 spiro atoms. The summed E-state index contributed by atoms with van der Waals surface area (Å²) in [5.41, 5.74) is 0.350. The molecule has 0 aliphatic heterocycles. The SMILES string of the molecule is CCC(CC)Oc1ccc(C#CCCl)c(F)c1. The average molecular weight is 255 g/mol. The van der Waals surface area contributed by atoms with Gasteiger partial charge >= 0.3 is 0 Å². The number of hydrogen-bond acceptors (Lipinski definition) is 1. The van der Waals surface area contributed by atoms with Crippen LogP contribution >= 0.6 is 11.6 Å². The summed E-state index contributed by atoms with van der Waals surface area (Å²) in [5.74, 6) is 5.66. The highest BCUT2D eigenvalue weighted by atomic mass is 35.5. The van der Waals surface area contributed by atoms with Crippen LogP contribution in [-0.2, 0) is 0 Å². The third-order valence-corrected chi connectivity index (χ3v) is 2.58. The second kappa shape index (κ2) is 7.19. The van der Waals surface area contributed by atoms with Crippen LogP contribution in [0.15, 0.2) is 18.2 Å². The molecule has 0 atom stereocenters. The van der Waals surface area contributed by atoms with Gasteiger partial charge in [-0.3, -0.25) is 0 Å². The van der Waals surface area contributed by atoms with Gasteiger partial charge in [0.05, 0.1) is 17.5 Å². The van der Waals surface area contributed by atoms with Gasteiger partial charge in [-0.2, -0.15) is 0 Å². The van der Waals surface area contributed by atoms with E-state index < -0.39 is 0 Å². The van der Waals surface area contributed by atoms with E-state index in [1.54, 1.807) is 12.1 Å². The maximum atomic E-state index is 13.6. The Balaban J connectivity index is 2.81. The summed E-state index contributed by atoms with van der Waals surface area (Å²) in [5, 5.41) is 0. The highest BCUT2D eigenvalue weighted by Gasteiger charge is 2.07. The number of halogens is 2. The zero-order valence-electron chi connectivity index (χ0n) is 10.1. The van der Waals surface area contributed by atoms with Gasteiger partial charge in [0.15, 0.2) is 0 Å². The van der Waals surface area contributed by atoms with Crippen LogP contribution in [0.1, 0.15) is 32.3 Å². The van der Waals surface area contributed by atoms with Gasteiger partial charge in [-0.05, 0) is 25.0 Å². The van der Waals surface area contributed by atoms with E-state index in [1.165, 1.54) is 6.07 Å². The Morgan fingerprint density at radius 1 is 1.35 bits per heavy atom. The van der Waals surface area contributed by atoms with E-state index >= 15 is 0 Å². The normalized spacial score (nSPS) is 9.94. The quantitative estimate of drug-likeness (QED) is 0.583. The van der Waals surface area contributed by atoms with Crippen LogP contribution in [0.25, 0.3) is 0 Å². The van der Waals surface area contributed by atoms with Crippen molar-refractivity contribution >= 4 is 11.6 Å². The maximum absolute atomic E-state index is 13.6. The average Bonchev–Trinajstić information content (AvgIpc) is 2.35. The fourth-order valence-corrected chi connectivity index (χ4v) is 1.51. The summed E-state index contributed by atoms with van der Waals surface area (Å²) in [7, 11) is 0. The molecule has 0 fully saturated rings. The number of alkyl halides is 1. The molecular formula is C14H16ClFO. The van der Waals surface area contributed by atoms with Crippen LogP contribution in [-0.4, -0.2) is 12.0 Å². The number of ether oxygens (including phenoxy) is 1. The number of hydrogen-bond donors (Lipinski definition) is 0. The first-order chi connectivity index (χ1) is 8.21. The summed E-state index contributed by atoms with van der Waals surface area (Å²) in [6.07, 6.45) is 1.95. The Kier molecular flexibility index (Phi) is 5.86. The van der Waals surface area contributed by atoms with Crippen LogP contribution < -0.4 is 4.74 Å². The van der Waals surface area contributed by atoms with Crippen molar-refractivity contribution in [3.8, 4) is 17.6 Å². The molecule has 0 saturated heterocycles. The fraction of sp³-hybridized carbons (Fsp3) is 0.429. The smallest absolute Gasteiger partial charge is 0.142 e. The summed E-state index contributed by atoms with van der Waals surface area (Å²) in [6, 6.07) is 4.73. The van der Waals surface area contributed by atoms with E-state index in [0.717, 1.165) is 12.8 Å². The Hall–Kier alpha value is -1.20. The summed E-state index contributed by atoms with van der Waals surface area (Å²) >= 11 is 5.42. The second-order valence-corrected chi connectivity index (χ2v) is 3.90. The predicted molar refractivity (Wildman–Crippen MR) is 69.0 cm³/mol. The van der Waals surface area contributed by atoms with Crippen molar-refractivity contribution in [2.75, 3.05) is 5.88 Å². The van der Waals surface area contributed by atoms with Gasteiger partial charge in [-0.15, -0.1) is 11.6 Å². The molecule has 3 heteroatoms. The van der Waals surface area contributed by atoms with Crippen LogP contribution in [0.4, 0.5) is 4.39 Å². The van der Waals surface area contributed by atoms with E-state index in [0.29, 0.717) is 11.3 Å². The van der Waals surface area contributed by atoms with Gasteiger partial charge in [0.1, 0.15) is 11.6 Å². The standard InChI is InChI=1S/C14H16ClFO/c1-3-12(4-2)17-13-8-7-11(6-5-9-15)14(16)10-13/h7-8,10,12H,3-4,9H2,1-2H3. The monoisotopic (exact) mass is 254 g/mol. The molecule has 0 N–H and O–H groups in total. The number of benzene rings is 1. The van der Waals surface area contributed by atoms with Crippen molar-refractivity contribution in [1.29, 1.82) is 0 Å². The van der Waals surface area contributed by atoms with Gasteiger partial charge in [0.2, 0.25) is 0 Å². The van der Waals surface area contributed by atoms with Gasteiger partial charge in [0.25, 0.3) is 0 Å². The topological polar surface area (TPSA) is 9.23 Å². The lowest BCUT2D eigenvalue weighted by Gasteiger charge is -2.15. The Bertz CT molecular complexity index is 416. The molecule has 0 aliphatic rings. The van der Waals surface area contributed by atoms with Crippen LogP contribution in [0.2, 0.25) is 0 Å². The minimum absolute atomic E-state index is 0.133. The van der Waals surface area contributed by atoms with Gasteiger partial charge in [-0.25, -0.2) is 4.39 Å². The molecule has 0 unspecified atom stereocenters.